The Morgan fingerprint density at radius 3 is 2.32 bits per heavy atom. The molecule has 1 heterocycles. The lowest BCUT2D eigenvalue weighted by atomic mass is 9.96. The van der Waals surface area contributed by atoms with Gasteiger partial charge in [-0.25, -0.2) is 0 Å². The molecule has 6 nitrogen and oxygen atoms in total. The summed E-state index contributed by atoms with van der Waals surface area (Å²) in [7, 11) is 0. The molecule has 1 saturated heterocycles. The number of likely N-dealkylation sites (tertiary alicyclic amines) is 1. The second-order valence-corrected chi connectivity index (χ2v) is 6.48. The van der Waals surface area contributed by atoms with Crippen LogP contribution in [0, 0.1) is 11.8 Å². The van der Waals surface area contributed by atoms with Crippen LogP contribution < -0.4 is 0 Å². The Kier molecular flexibility index (Phi) is 6.84. The number of amides is 2. The van der Waals surface area contributed by atoms with Gasteiger partial charge >= 0.3 is 5.97 Å². The summed E-state index contributed by atoms with van der Waals surface area (Å²) in [5.74, 6) is -0.779. The number of nitrogens with zero attached hydrogens (tertiary/aromatic N) is 2. The predicted octanol–water partition coefficient (Wildman–Crippen LogP) is 1.59. The van der Waals surface area contributed by atoms with E-state index < -0.39 is 5.97 Å². The molecular weight excluding hydrogens is 284 g/mol. The molecule has 22 heavy (non-hydrogen) atoms. The maximum absolute atomic E-state index is 12.4. The van der Waals surface area contributed by atoms with Gasteiger partial charge in [0.1, 0.15) is 6.54 Å². The molecule has 2 unspecified atom stereocenters. The summed E-state index contributed by atoms with van der Waals surface area (Å²) >= 11 is 0. The fourth-order valence-electron chi connectivity index (χ4n) is 2.83. The van der Waals surface area contributed by atoms with Crippen LogP contribution in [0.15, 0.2) is 0 Å². The maximum Gasteiger partial charge on any atom is 0.323 e. The molecule has 0 aliphatic carbocycles. The van der Waals surface area contributed by atoms with Crippen LogP contribution in [0.4, 0.5) is 0 Å². The van der Waals surface area contributed by atoms with Gasteiger partial charge in [0.2, 0.25) is 11.8 Å². The van der Waals surface area contributed by atoms with Gasteiger partial charge in [-0.15, -0.1) is 0 Å². The Morgan fingerprint density at radius 1 is 1.18 bits per heavy atom. The molecule has 0 aromatic carbocycles. The van der Waals surface area contributed by atoms with Gasteiger partial charge in [0, 0.05) is 32.0 Å². The van der Waals surface area contributed by atoms with Crippen LogP contribution in [0.25, 0.3) is 0 Å². The SMILES string of the molecule is CC(=O)N(CC(=O)O)C1CCCN(C(=O)C(C)C(C)C)CC1. The molecular formula is C16H28N2O4. The van der Waals surface area contributed by atoms with E-state index in [1.807, 2.05) is 25.7 Å². The average molecular weight is 312 g/mol. The number of carbonyl (C=O) groups excluding carboxylic acids is 2. The van der Waals surface area contributed by atoms with Gasteiger partial charge in [-0.05, 0) is 25.2 Å². The van der Waals surface area contributed by atoms with Crippen molar-refractivity contribution < 1.29 is 19.5 Å². The van der Waals surface area contributed by atoms with Crippen molar-refractivity contribution in [3.05, 3.63) is 0 Å². The molecule has 0 radical (unpaired) electrons. The van der Waals surface area contributed by atoms with Gasteiger partial charge in [0.15, 0.2) is 0 Å². The number of rotatable bonds is 5. The minimum absolute atomic E-state index is 0.0144. The van der Waals surface area contributed by atoms with Gasteiger partial charge in [0.05, 0.1) is 0 Å². The number of carboxylic acids is 1. The van der Waals surface area contributed by atoms with Crippen LogP contribution in [0.3, 0.4) is 0 Å². The second kappa shape index (κ2) is 8.15. The summed E-state index contributed by atoms with van der Waals surface area (Å²) in [6.07, 6.45) is 2.18. The minimum atomic E-state index is -0.999. The van der Waals surface area contributed by atoms with Crippen LogP contribution in [0.1, 0.15) is 47.0 Å². The van der Waals surface area contributed by atoms with E-state index in [2.05, 4.69) is 0 Å². The largest absolute Gasteiger partial charge is 0.480 e. The minimum Gasteiger partial charge on any atom is -0.480 e. The van der Waals surface area contributed by atoms with Crippen molar-refractivity contribution in [1.82, 2.24) is 9.80 Å². The summed E-state index contributed by atoms with van der Waals surface area (Å²) in [6, 6.07) is -0.0965. The molecule has 0 bridgehead atoms. The van der Waals surface area contributed by atoms with Crippen molar-refractivity contribution in [2.45, 2.75) is 53.0 Å². The standard InChI is InChI=1S/C16H28N2O4/c1-11(2)12(3)16(22)17-8-5-6-14(7-9-17)18(13(4)19)10-15(20)21/h11-12,14H,5-10H2,1-4H3,(H,20,21). The van der Waals surface area contributed by atoms with Gasteiger partial charge in [-0.2, -0.15) is 0 Å². The first-order chi connectivity index (χ1) is 10.2. The first-order valence-electron chi connectivity index (χ1n) is 8.01. The van der Waals surface area contributed by atoms with E-state index in [0.717, 1.165) is 12.8 Å². The number of carbonyl (C=O) groups is 3. The number of hydrogen-bond acceptors (Lipinski definition) is 3. The van der Waals surface area contributed by atoms with Crippen LogP contribution >= 0.6 is 0 Å². The van der Waals surface area contributed by atoms with Crippen LogP contribution in [-0.2, 0) is 14.4 Å². The fourth-order valence-corrected chi connectivity index (χ4v) is 2.83. The monoisotopic (exact) mass is 312 g/mol. The third-order valence-electron chi connectivity index (χ3n) is 4.55. The zero-order valence-corrected chi connectivity index (χ0v) is 14.0. The van der Waals surface area contributed by atoms with Gasteiger partial charge in [-0.1, -0.05) is 20.8 Å². The topological polar surface area (TPSA) is 77.9 Å². The lowest BCUT2D eigenvalue weighted by molar-refractivity contribution is -0.145. The lowest BCUT2D eigenvalue weighted by Crippen LogP contribution is -2.43. The molecule has 1 aliphatic heterocycles. The Bertz CT molecular complexity index is 422. The summed E-state index contributed by atoms with van der Waals surface area (Å²) in [4.78, 5) is 38.3. The third kappa shape index (κ3) is 5.00. The highest BCUT2D eigenvalue weighted by Crippen LogP contribution is 2.20. The van der Waals surface area contributed by atoms with Crippen LogP contribution in [0.2, 0.25) is 0 Å². The Labute approximate surface area is 132 Å². The maximum atomic E-state index is 12.4. The van der Waals surface area contributed by atoms with E-state index in [1.54, 1.807) is 0 Å². The first-order valence-corrected chi connectivity index (χ1v) is 8.01. The van der Waals surface area contributed by atoms with Crippen molar-refractivity contribution in [1.29, 1.82) is 0 Å². The highest BCUT2D eigenvalue weighted by atomic mass is 16.4. The molecule has 1 N–H and O–H groups in total. The van der Waals surface area contributed by atoms with Crippen molar-refractivity contribution in [2.75, 3.05) is 19.6 Å². The number of carboxylic acid groups (broad SMARTS) is 1. The molecule has 0 aromatic rings. The van der Waals surface area contributed by atoms with Crippen molar-refractivity contribution in [2.24, 2.45) is 11.8 Å². The molecule has 2 amide bonds. The second-order valence-electron chi connectivity index (χ2n) is 6.48. The highest BCUT2D eigenvalue weighted by molar-refractivity contribution is 5.80. The Balaban J connectivity index is 2.70. The van der Waals surface area contributed by atoms with Gasteiger partial charge in [0.25, 0.3) is 0 Å². The summed E-state index contributed by atoms with van der Waals surface area (Å²) in [6.45, 7) is 8.42. The summed E-state index contributed by atoms with van der Waals surface area (Å²) < 4.78 is 0. The highest BCUT2D eigenvalue weighted by Gasteiger charge is 2.29. The van der Waals surface area contributed by atoms with Crippen LogP contribution in [0.5, 0.6) is 0 Å². The van der Waals surface area contributed by atoms with Crippen LogP contribution in [-0.4, -0.2) is 58.4 Å². The third-order valence-corrected chi connectivity index (χ3v) is 4.55. The van der Waals surface area contributed by atoms with E-state index in [9.17, 15) is 14.4 Å². The molecule has 1 aliphatic rings. The predicted molar refractivity (Wildman–Crippen MR) is 83.2 cm³/mol. The number of hydrogen-bond donors (Lipinski definition) is 1. The Hall–Kier alpha value is -1.59. The first kappa shape index (κ1) is 18.5. The van der Waals surface area contributed by atoms with Crippen molar-refractivity contribution in [3.63, 3.8) is 0 Å². The van der Waals surface area contributed by atoms with Gasteiger partial charge in [-0.3, -0.25) is 14.4 Å². The summed E-state index contributed by atoms with van der Waals surface area (Å²) in [5.41, 5.74) is 0. The molecule has 0 spiro atoms. The van der Waals surface area contributed by atoms with E-state index in [4.69, 9.17) is 5.11 Å². The molecule has 1 rings (SSSR count). The molecule has 0 saturated carbocycles. The molecule has 2 atom stereocenters. The van der Waals surface area contributed by atoms with Crippen molar-refractivity contribution >= 4 is 17.8 Å². The van der Waals surface area contributed by atoms with E-state index in [1.165, 1.54) is 11.8 Å². The quantitative estimate of drug-likeness (QED) is 0.836. The number of aliphatic carboxylic acids is 1. The molecule has 1 fully saturated rings. The normalized spacial score (nSPS) is 20.4. The summed E-state index contributed by atoms with van der Waals surface area (Å²) in [5, 5.41) is 8.95. The van der Waals surface area contributed by atoms with E-state index in [-0.39, 0.29) is 30.3 Å². The molecule has 6 heteroatoms. The van der Waals surface area contributed by atoms with E-state index >= 15 is 0 Å². The Morgan fingerprint density at radius 2 is 1.82 bits per heavy atom. The van der Waals surface area contributed by atoms with E-state index in [0.29, 0.717) is 25.4 Å². The zero-order valence-electron chi connectivity index (χ0n) is 14.0. The fraction of sp³-hybridized carbons (Fsp3) is 0.812. The average Bonchev–Trinajstić information content (AvgIpc) is 2.68. The smallest absolute Gasteiger partial charge is 0.323 e. The van der Waals surface area contributed by atoms with Crippen molar-refractivity contribution in [3.8, 4) is 0 Å². The molecule has 0 aromatic heterocycles. The zero-order chi connectivity index (χ0) is 16.9. The van der Waals surface area contributed by atoms with Gasteiger partial charge < -0.3 is 14.9 Å². The lowest BCUT2D eigenvalue weighted by Gasteiger charge is -2.29. The molecule has 126 valence electrons.